The van der Waals surface area contributed by atoms with E-state index in [9.17, 15) is 0 Å². The van der Waals surface area contributed by atoms with Gasteiger partial charge in [-0.1, -0.05) is 0 Å². The average Bonchev–Trinajstić information content (AvgIpc) is 2.14. The molecular formula is C8H9NS. The lowest BCUT2D eigenvalue weighted by Gasteiger charge is -1.79. The molecule has 0 aromatic carbocycles. The van der Waals surface area contributed by atoms with Gasteiger partial charge in [-0.25, -0.2) is 0 Å². The van der Waals surface area contributed by atoms with Gasteiger partial charge in [0, 0.05) is 9.75 Å². The summed E-state index contributed by atoms with van der Waals surface area (Å²) >= 11 is 1.72. The molecule has 0 spiro atoms. The molecule has 0 saturated carbocycles. The Morgan fingerprint density at radius 2 is 2.30 bits per heavy atom. The van der Waals surface area contributed by atoms with Crippen molar-refractivity contribution in [3.63, 3.8) is 0 Å². The lowest BCUT2D eigenvalue weighted by atomic mass is 10.2. The zero-order valence-electron chi connectivity index (χ0n) is 6.14. The Morgan fingerprint density at radius 1 is 1.60 bits per heavy atom. The number of thiophene rings is 1. The summed E-state index contributed by atoms with van der Waals surface area (Å²) in [7, 11) is 0. The zero-order valence-corrected chi connectivity index (χ0v) is 6.96. The van der Waals surface area contributed by atoms with Crippen molar-refractivity contribution >= 4 is 11.3 Å². The highest BCUT2D eigenvalue weighted by Gasteiger charge is 1.99. The molecule has 0 bridgehead atoms. The van der Waals surface area contributed by atoms with Crippen LogP contribution < -0.4 is 0 Å². The van der Waals surface area contributed by atoms with E-state index >= 15 is 0 Å². The fourth-order valence-electron chi connectivity index (χ4n) is 0.815. The predicted octanol–water partition coefficient (Wildman–Crippen LogP) is 2.43. The number of hydrogen-bond acceptors (Lipinski definition) is 2. The standard InChI is InChI=1S/C8H9NS/c1-6-5-8(3-4-9)10-7(6)2/h5H,3H2,1-2H3. The van der Waals surface area contributed by atoms with E-state index in [4.69, 9.17) is 5.26 Å². The van der Waals surface area contributed by atoms with Crippen LogP contribution in [0.15, 0.2) is 6.07 Å². The molecule has 0 aliphatic carbocycles. The first-order valence-corrected chi connectivity index (χ1v) is 3.98. The molecular weight excluding hydrogens is 142 g/mol. The van der Waals surface area contributed by atoms with Crippen LogP contribution in [0.1, 0.15) is 15.3 Å². The van der Waals surface area contributed by atoms with Crippen LogP contribution in [0.4, 0.5) is 0 Å². The Bertz CT molecular complexity index is 248. The Labute approximate surface area is 64.9 Å². The Kier molecular flexibility index (Phi) is 2.08. The van der Waals surface area contributed by atoms with E-state index in [1.54, 1.807) is 11.3 Å². The van der Waals surface area contributed by atoms with Crippen LogP contribution in [0, 0.1) is 25.2 Å². The summed E-state index contributed by atoms with van der Waals surface area (Å²) in [6, 6.07) is 4.22. The molecule has 0 N–H and O–H groups in total. The van der Waals surface area contributed by atoms with Crippen molar-refractivity contribution < 1.29 is 0 Å². The third-order valence-corrected chi connectivity index (χ3v) is 2.62. The van der Waals surface area contributed by atoms with Crippen LogP contribution in [-0.2, 0) is 6.42 Å². The van der Waals surface area contributed by atoms with Crippen molar-refractivity contribution in [2.24, 2.45) is 0 Å². The molecule has 0 amide bonds. The van der Waals surface area contributed by atoms with E-state index in [1.807, 2.05) is 0 Å². The Morgan fingerprint density at radius 3 is 2.70 bits per heavy atom. The van der Waals surface area contributed by atoms with Crippen LogP contribution >= 0.6 is 11.3 Å². The summed E-state index contributed by atoms with van der Waals surface area (Å²) < 4.78 is 0. The van der Waals surface area contributed by atoms with Crippen LogP contribution in [0.3, 0.4) is 0 Å². The van der Waals surface area contributed by atoms with Gasteiger partial charge in [0.05, 0.1) is 12.5 Å². The van der Waals surface area contributed by atoms with Gasteiger partial charge in [-0.05, 0) is 25.5 Å². The first-order valence-electron chi connectivity index (χ1n) is 3.17. The normalized spacial score (nSPS) is 9.30. The van der Waals surface area contributed by atoms with Gasteiger partial charge >= 0.3 is 0 Å². The van der Waals surface area contributed by atoms with E-state index in [0.29, 0.717) is 6.42 Å². The molecule has 1 nitrogen and oxygen atoms in total. The second-order valence-corrected chi connectivity index (χ2v) is 3.63. The topological polar surface area (TPSA) is 23.8 Å². The van der Waals surface area contributed by atoms with Crippen molar-refractivity contribution in [1.29, 1.82) is 5.26 Å². The SMILES string of the molecule is Cc1cc(CC#N)sc1C. The maximum atomic E-state index is 8.38. The quantitative estimate of drug-likeness (QED) is 0.604. The minimum atomic E-state index is 0.555. The molecule has 0 saturated heterocycles. The van der Waals surface area contributed by atoms with Crippen LogP contribution in [0.5, 0.6) is 0 Å². The van der Waals surface area contributed by atoms with Gasteiger partial charge in [0.15, 0.2) is 0 Å². The first-order chi connectivity index (χ1) is 4.74. The summed E-state index contributed by atoms with van der Waals surface area (Å²) in [5.74, 6) is 0. The van der Waals surface area contributed by atoms with Crippen LogP contribution in [0.2, 0.25) is 0 Å². The van der Waals surface area contributed by atoms with Crippen molar-refractivity contribution in [3.8, 4) is 6.07 Å². The maximum absolute atomic E-state index is 8.38. The smallest absolute Gasteiger partial charge is 0.0695 e. The number of hydrogen-bond donors (Lipinski definition) is 0. The number of rotatable bonds is 1. The minimum absolute atomic E-state index is 0.555. The van der Waals surface area contributed by atoms with Crippen molar-refractivity contribution in [2.45, 2.75) is 20.3 Å². The molecule has 0 atom stereocenters. The fraction of sp³-hybridized carbons (Fsp3) is 0.375. The van der Waals surface area contributed by atoms with Gasteiger partial charge < -0.3 is 0 Å². The summed E-state index contributed by atoms with van der Waals surface area (Å²) in [5.41, 5.74) is 1.30. The molecule has 1 aromatic heterocycles. The van der Waals surface area contributed by atoms with Crippen molar-refractivity contribution in [1.82, 2.24) is 0 Å². The first kappa shape index (κ1) is 7.30. The fourth-order valence-corrected chi connectivity index (χ4v) is 1.80. The molecule has 1 heterocycles. The van der Waals surface area contributed by atoms with Gasteiger partial charge in [0.25, 0.3) is 0 Å². The highest BCUT2D eigenvalue weighted by atomic mass is 32.1. The molecule has 10 heavy (non-hydrogen) atoms. The monoisotopic (exact) mass is 151 g/mol. The average molecular weight is 151 g/mol. The maximum Gasteiger partial charge on any atom is 0.0695 e. The molecule has 1 aromatic rings. The lowest BCUT2D eigenvalue weighted by molar-refractivity contribution is 1.31. The highest BCUT2D eigenvalue weighted by Crippen LogP contribution is 2.20. The van der Waals surface area contributed by atoms with E-state index in [0.717, 1.165) is 0 Å². The van der Waals surface area contributed by atoms with Gasteiger partial charge in [0.2, 0.25) is 0 Å². The molecule has 0 aliphatic heterocycles. The van der Waals surface area contributed by atoms with E-state index in [-0.39, 0.29) is 0 Å². The van der Waals surface area contributed by atoms with Gasteiger partial charge in [-0.2, -0.15) is 5.26 Å². The van der Waals surface area contributed by atoms with Crippen LogP contribution in [-0.4, -0.2) is 0 Å². The second-order valence-electron chi connectivity index (χ2n) is 2.29. The molecule has 0 fully saturated rings. The Hall–Kier alpha value is -0.810. The van der Waals surface area contributed by atoms with Gasteiger partial charge in [0.1, 0.15) is 0 Å². The third kappa shape index (κ3) is 1.37. The number of nitriles is 1. The van der Waals surface area contributed by atoms with Crippen LogP contribution in [0.25, 0.3) is 0 Å². The Balaban J connectivity index is 2.90. The van der Waals surface area contributed by atoms with Crippen molar-refractivity contribution in [3.05, 3.63) is 21.4 Å². The molecule has 0 unspecified atom stereocenters. The molecule has 0 aliphatic rings. The predicted molar refractivity (Wildman–Crippen MR) is 43.1 cm³/mol. The highest BCUT2D eigenvalue weighted by molar-refractivity contribution is 7.12. The third-order valence-electron chi connectivity index (χ3n) is 1.47. The van der Waals surface area contributed by atoms with Gasteiger partial charge in [-0.3, -0.25) is 0 Å². The molecule has 0 radical (unpaired) electrons. The van der Waals surface area contributed by atoms with Gasteiger partial charge in [-0.15, -0.1) is 11.3 Å². The second kappa shape index (κ2) is 2.85. The van der Waals surface area contributed by atoms with E-state index < -0.39 is 0 Å². The van der Waals surface area contributed by atoms with Crippen molar-refractivity contribution in [2.75, 3.05) is 0 Å². The summed E-state index contributed by atoms with van der Waals surface area (Å²) in [6.07, 6.45) is 0.555. The molecule has 2 heteroatoms. The summed E-state index contributed by atoms with van der Waals surface area (Å²) in [6.45, 7) is 4.16. The zero-order chi connectivity index (χ0) is 7.56. The largest absolute Gasteiger partial charge is 0.198 e. The minimum Gasteiger partial charge on any atom is -0.198 e. The summed E-state index contributed by atoms with van der Waals surface area (Å²) in [5, 5.41) is 8.38. The van der Waals surface area contributed by atoms with E-state index in [1.165, 1.54) is 15.3 Å². The molecule has 1 rings (SSSR count). The number of aryl methyl sites for hydroxylation is 2. The molecule has 52 valence electrons. The number of nitrogens with zero attached hydrogens (tertiary/aromatic N) is 1. The van der Waals surface area contributed by atoms with E-state index in [2.05, 4.69) is 26.0 Å². The lowest BCUT2D eigenvalue weighted by Crippen LogP contribution is -1.69. The summed E-state index contributed by atoms with van der Waals surface area (Å²) in [4.78, 5) is 2.50.